The van der Waals surface area contributed by atoms with E-state index in [0.29, 0.717) is 30.2 Å². The van der Waals surface area contributed by atoms with Crippen LogP contribution in [0.25, 0.3) is 10.9 Å². The molecule has 3 atom stereocenters. The van der Waals surface area contributed by atoms with Gasteiger partial charge in [0.2, 0.25) is 15.9 Å². The van der Waals surface area contributed by atoms with Gasteiger partial charge >= 0.3 is 0 Å². The number of amides is 1. The Hall–Kier alpha value is -2.04. The lowest BCUT2D eigenvalue weighted by atomic mass is 9.95. The fraction of sp³-hybridized carbons (Fsp3) is 0.474. The lowest BCUT2D eigenvalue weighted by Gasteiger charge is -2.25. The van der Waals surface area contributed by atoms with Crippen molar-refractivity contribution in [3.63, 3.8) is 0 Å². The van der Waals surface area contributed by atoms with Gasteiger partial charge in [-0.15, -0.1) is 0 Å². The first-order chi connectivity index (χ1) is 13.7. The lowest BCUT2D eigenvalue weighted by molar-refractivity contribution is -0.128. The van der Waals surface area contributed by atoms with Gasteiger partial charge in [-0.1, -0.05) is 31.5 Å². The Labute approximate surface area is 170 Å². The normalized spacial score (nSPS) is 25.7. The number of benzene rings is 1. The van der Waals surface area contributed by atoms with Crippen LogP contribution in [0.15, 0.2) is 41.4 Å². The maximum Gasteiger partial charge on any atom is 0.268 e. The number of pyridine rings is 1. The monoisotopic (exact) mass is 437 g/mol. The molecule has 2 fully saturated rings. The molecule has 1 aromatic heterocycles. The first kappa shape index (κ1) is 20.2. The van der Waals surface area contributed by atoms with Crippen LogP contribution < -0.4 is 0 Å². The SMILES string of the molecule is CCCC1C(=O)N(S(=O)(=O)c2cccc3cccnc23)[C@H]2CCN(S(C)(=O)=O)[C@H]12. The molecule has 156 valence electrons. The van der Waals surface area contributed by atoms with E-state index in [1.54, 1.807) is 24.3 Å². The van der Waals surface area contributed by atoms with E-state index in [0.717, 1.165) is 10.6 Å². The zero-order valence-electron chi connectivity index (χ0n) is 16.2. The van der Waals surface area contributed by atoms with Crippen LogP contribution in [0.1, 0.15) is 26.2 Å². The maximum atomic E-state index is 13.6. The van der Waals surface area contributed by atoms with Gasteiger partial charge in [-0.2, -0.15) is 4.31 Å². The zero-order valence-corrected chi connectivity index (χ0v) is 17.9. The summed E-state index contributed by atoms with van der Waals surface area (Å²) in [7, 11) is -7.74. The first-order valence-electron chi connectivity index (χ1n) is 9.56. The van der Waals surface area contributed by atoms with Gasteiger partial charge in [0, 0.05) is 18.1 Å². The Kier molecular flexibility index (Phi) is 4.91. The highest BCUT2D eigenvalue weighted by atomic mass is 32.2. The Morgan fingerprint density at radius 2 is 1.86 bits per heavy atom. The third kappa shape index (κ3) is 3.13. The molecule has 0 spiro atoms. The second-order valence-corrected chi connectivity index (χ2v) is 11.3. The van der Waals surface area contributed by atoms with Crippen molar-refractivity contribution in [3.8, 4) is 0 Å². The molecule has 1 aromatic carbocycles. The average molecular weight is 438 g/mol. The number of para-hydroxylation sites is 1. The van der Waals surface area contributed by atoms with Crippen LogP contribution in [-0.4, -0.2) is 61.2 Å². The fourth-order valence-electron chi connectivity index (χ4n) is 4.65. The number of nitrogens with zero attached hydrogens (tertiary/aromatic N) is 3. The minimum absolute atomic E-state index is 0.0299. The smallest absolute Gasteiger partial charge is 0.268 e. The molecule has 4 rings (SSSR count). The minimum Gasteiger partial charge on any atom is -0.273 e. The van der Waals surface area contributed by atoms with Gasteiger partial charge in [-0.05, 0) is 25.0 Å². The zero-order chi connectivity index (χ0) is 21.0. The average Bonchev–Trinajstić information content (AvgIpc) is 3.20. The molecule has 0 N–H and O–H groups in total. The highest BCUT2D eigenvalue weighted by molar-refractivity contribution is 7.90. The number of rotatable bonds is 5. The number of aromatic nitrogens is 1. The van der Waals surface area contributed by atoms with Crippen molar-refractivity contribution in [1.82, 2.24) is 13.6 Å². The summed E-state index contributed by atoms with van der Waals surface area (Å²) in [6, 6.07) is 6.95. The highest BCUT2D eigenvalue weighted by Crippen LogP contribution is 2.43. The molecule has 0 bridgehead atoms. The molecule has 0 saturated carbocycles. The van der Waals surface area contributed by atoms with Crippen molar-refractivity contribution in [2.24, 2.45) is 5.92 Å². The molecule has 1 amide bonds. The lowest BCUT2D eigenvalue weighted by Crippen LogP contribution is -2.43. The van der Waals surface area contributed by atoms with Crippen LogP contribution in [0, 0.1) is 5.92 Å². The maximum absolute atomic E-state index is 13.6. The van der Waals surface area contributed by atoms with Crippen molar-refractivity contribution in [2.75, 3.05) is 12.8 Å². The number of fused-ring (bicyclic) bond motifs is 2. The van der Waals surface area contributed by atoms with Crippen LogP contribution in [0.2, 0.25) is 0 Å². The number of carbonyl (C=O) groups excluding carboxylic acids is 1. The predicted molar refractivity (Wildman–Crippen MR) is 108 cm³/mol. The molecule has 2 saturated heterocycles. The summed E-state index contributed by atoms with van der Waals surface area (Å²) in [6.45, 7) is 2.11. The van der Waals surface area contributed by atoms with E-state index >= 15 is 0 Å². The van der Waals surface area contributed by atoms with E-state index < -0.39 is 44.0 Å². The van der Waals surface area contributed by atoms with Gasteiger partial charge < -0.3 is 0 Å². The van der Waals surface area contributed by atoms with E-state index in [-0.39, 0.29) is 11.4 Å². The summed E-state index contributed by atoms with van der Waals surface area (Å²) in [5.41, 5.74) is 0.302. The van der Waals surface area contributed by atoms with Crippen LogP contribution in [0.3, 0.4) is 0 Å². The quantitative estimate of drug-likeness (QED) is 0.703. The molecule has 0 aliphatic carbocycles. The molecular formula is C19H23N3O5S2. The minimum atomic E-state index is -4.19. The molecule has 8 nitrogen and oxygen atoms in total. The van der Waals surface area contributed by atoms with E-state index in [9.17, 15) is 21.6 Å². The van der Waals surface area contributed by atoms with Crippen molar-refractivity contribution in [3.05, 3.63) is 36.5 Å². The van der Waals surface area contributed by atoms with Gasteiger partial charge in [-0.25, -0.2) is 21.1 Å². The molecule has 2 aromatic rings. The van der Waals surface area contributed by atoms with Crippen molar-refractivity contribution >= 4 is 36.9 Å². The second kappa shape index (κ2) is 7.03. The predicted octanol–water partition coefficient (Wildman–Crippen LogP) is 1.58. The standard InChI is InChI=1S/C19H23N3O5S2/c1-3-6-14-18-15(10-12-21(18)28(2,24)25)22(19(14)23)29(26,27)16-9-4-7-13-8-5-11-20-17(13)16/h4-5,7-9,11,14-15,18H,3,6,10,12H2,1-2H3/t14?,15-,18+/m0/s1. The van der Waals surface area contributed by atoms with Gasteiger partial charge in [0.1, 0.15) is 4.90 Å². The van der Waals surface area contributed by atoms with Gasteiger partial charge in [-0.3, -0.25) is 9.78 Å². The molecule has 3 heterocycles. The van der Waals surface area contributed by atoms with Crippen LogP contribution in [0.5, 0.6) is 0 Å². The van der Waals surface area contributed by atoms with Crippen LogP contribution in [-0.2, 0) is 24.8 Å². The van der Waals surface area contributed by atoms with Gasteiger partial charge in [0.05, 0.1) is 29.8 Å². The van der Waals surface area contributed by atoms with E-state index in [1.165, 1.54) is 16.6 Å². The Morgan fingerprint density at radius 3 is 2.55 bits per heavy atom. The topological polar surface area (TPSA) is 105 Å². The van der Waals surface area contributed by atoms with Crippen molar-refractivity contribution < 1.29 is 21.6 Å². The molecule has 2 aliphatic heterocycles. The van der Waals surface area contributed by atoms with Gasteiger partial charge in [0.15, 0.2) is 0 Å². The third-order valence-corrected chi connectivity index (χ3v) is 8.91. The summed E-state index contributed by atoms with van der Waals surface area (Å²) in [6.07, 6.45) is 4.00. The molecule has 1 unspecified atom stereocenters. The third-order valence-electron chi connectivity index (χ3n) is 5.78. The Balaban J connectivity index is 1.85. The molecule has 10 heteroatoms. The number of hydrogen-bond donors (Lipinski definition) is 0. The Morgan fingerprint density at radius 1 is 1.14 bits per heavy atom. The summed E-state index contributed by atoms with van der Waals surface area (Å²) in [5.74, 6) is -1.19. The van der Waals surface area contributed by atoms with E-state index in [4.69, 9.17) is 0 Å². The Bertz CT molecular complexity index is 1170. The van der Waals surface area contributed by atoms with Gasteiger partial charge in [0.25, 0.3) is 10.0 Å². The van der Waals surface area contributed by atoms with Crippen LogP contribution >= 0.6 is 0 Å². The molecule has 29 heavy (non-hydrogen) atoms. The molecule has 2 aliphatic rings. The number of hydrogen-bond acceptors (Lipinski definition) is 6. The largest absolute Gasteiger partial charge is 0.273 e. The van der Waals surface area contributed by atoms with Crippen molar-refractivity contribution in [2.45, 2.75) is 43.2 Å². The van der Waals surface area contributed by atoms with E-state index in [1.807, 2.05) is 6.92 Å². The number of carbonyl (C=O) groups is 1. The summed E-state index contributed by atoms with van der Waals surface area (Å²) >= 11 is 0. The second-order valence-electron chi connectivity index (χ2n) is 7.59. The fourth-order valence-corrected chi connectivity index (χ4v) is 7.65. The highest BCUT2D eigenvalue weighted by Gasteiger charge is 2.59. The summed E-state index contributed by atoms with van der Waals surface area (Å²) in [5, 5.41) is 0.658. The summed E-state index contributed by atoms with van der Waals surface area (Å²) < 4.78 is 54.0. The summed E-state index contributed by atoms with van der Waals surface area (Å²) in [4.78, 5) is 17.4. The van der Waals surface area contributed by atoms with E-state index in [2.05, 4.69) is 4.98 Å². The molecular weight excluding hydrogens is 414 g/mol. The van der Waals surface area contributed by atoms with Crippen LogP contribution in [0.4, 0.5) is 0 Å². The number of sulfonamides is 2. The first-order valence-corrected chi connectivity index (χ1v) is 12.9. The molecule has 0 radical (unpaired) electrons. The van der Waals surface area contributed by atoms with Crippen molar-refractivity contribution in [1.29, 1.82) is 0 Å².